The lowest BCUT2D eigenvalue weighted by Crippen LogP contribution is -2.07. The molecule has 0 aliphatic rings. The topological polar surface area (TPSA) is 0 Å². The van der Waals surface area contributed by atoms with E-state index < -0.39 is 11.2 Å². The summed E-state index contributed by atoms with van der Waals surface area (Å²) in [6.45, 7) is 3.27. The highest BCUT2D eigenvalue weighted by Crippen LogP contribution is 2.29. The predicted octanol–water partition coefficient (Wildman–Crippen LogP) is 3.33. The molecule has 0 radical (unpaired) electrons. The highest BCUT2D eigenvalue weighted by molar-refractivity contribution is 6.30. The summed E-state index contributed by atoms with van der Waals surface area (Å²) in [6.07, 6.45) is -3.41. The van der Waals surface area contributed by atoms with Crippen LogP contribution in [0.4, 0.5) is 13.2 Å². The van der Waals surface area contributed by atoms with Crippen molar-refractivity contribution in [1.29, 1.82) is 0 Å². The normalized spacial score (nSPS) is 14.5. The molecule has 0 N–H and O–H groups in total. The van der Waals surface area contributed by atoms with Gasteiger partial charge in [0, 0.05) is 0 Å². The number of rotatable bonds is 1. The van der Waals surface area contributed by atoms with Gasteiger partial charge in [0.25, 0.3) is 0 Å². The maximum Gasteiger partial charge on any atom is 0.426 e. The molecular weight excluding hydrogens is 165 g/mol. The number of halogens is 4. The van der Waals surface area contributed by atoms with Crippen molar-refractivity contribution in [2.75, 3.05) is 0 Å². The molecule has 0 unspecified atom stereocenters. The molecule has 0 aromatic heterocycles. The first-order chi connectivity index (χ1) is 4.34. The summed E-state index contributed by atoms with van der Waals surface area (Å²) >= 11 is 4.89. The molecule has 0 saturated carbocycles. The lowest BCUT2D eigenvalue weighted by Gasteiger charge is -2.04. The third-order valence-electron chi connectivity index (χ3n) is 0.750. The molecule has 0 rings (SSSR count). The van der Waals surface area contributed by atoms with E-state index in [2.05, 4.69) is 0 Å². The van der Waals surface area contributed by atoms with Gasteiger partial charge in [-0.1, -0.05) is 31.5 Å². The highest BCUT2D eigenvalue weighted by atomic mass is 35.5. The van der Waals surface area contributed by atoms with E-state index in [9.17, 15) is 13.2 Å². The zero-order valence-corrected chi connectivity index (χ0v) is 6.42. The van der Waals surface area contributed by atoms with Crippen LogP contribution in [0.15, 0.2) is 11.1 Å². The Morgan fingerprint density at radius 3 is 1.90 bits per heavy atom. The molecule has 0 aliphatic heterocycles. The second-order valence-electron chi connectivity index (χ2n) is 2.26. The van der Waals surface area contributed by atoms with Gasteiger partial charge in [-0.25, -0.2) is 0 Å². The fourth-order valence-corrected chi connectivity index (χ4v) is 0.639. The van der Waals surface area contributed by atoms with E-state index >= 15 is 0 Å². The van der Waals surface area contributed by atoms with Gasteiger partial charge in [0.1, 0.15) is 5.03 Å². The maximum absolute atomic E-state index is 11.6. The molecule has 0 aromatic carbocycles. The Morgan fingerprint density at radius 2 is 1.80 bits per heavy atom. The molecular formula is C6H8ClF3. The molecule has 0 saturated heterocycles. The molecule has 0 fully saturated rings. The minimum Gasteiger partial charge on any atom is -0.165 e. The van der Waals surface area contributed by atoms with Crippen LogP contribution in [0.5, 0.6) is 0 Å². The molecule has 0 aliphatic carbocycles. The van der Waals surface area contributed by atoms with Crippen LogP contribution in [-0.4, -0.2) is 6.18 Å². The highest BCUT2D eigenvalue weighted by Gasteiger charge is 2.32. The molecule has 0 nitrogen and oxygen atoms in total. The molecule has 0 aromatic rings. The van der Waals surface area contributed by atoms with Crippen molar-refractivity contribution < 1.29 is 13.2 Å². The number of alkyl halides is 3. The number of hydrogen-bond acceptors (Lipinski definition) is 0. The van der Waals surface area contributed by atoms with Gasteiger partial charge in [-0.05, 0) is 5.92 Å². The molecule has 10 heavy (non-hydrogen) atoms. The fraction of sp³-hybridized carbons (Fsp3) is 0.667. The maximum atomic E-state index is 11.6. The lowest BCUT2D eigenvalue weighted by molar-refractivity contribution is -0.0849. The number of allylic oxidation sites excluding steroid dienone is 2. The Balaban J connectivity index is 4.20. The van der Waals surface area contributed by atoms with Crippen LogP contribution in [0.3, 0.4) is 0 Å². The van der Waals surface area contributed by atoms with Crippen LogP contribution < -0.4 is 0 Å². The van der Waals surface area contributed by atoms with E-state index in [4.69, 9.17) is 11.6 Å². The minimum absolute atomic E-state index is 0.172. The van der Waals surface area contributed by atoms with Crippen molar-refractivity contribution in [3.05, 3.63) is 11.1 Å². The minimum atomic E-state index is -4.38. The van der Waals surface area contributed by atoms with E-state index in [0.717, 1.165) is 6.08 Å². The molecule has 0 atom stereocenters. The second-order valence-corrected chi connectivity index (χ2v) is 2.66. The molecule has 4 heteroatoms. The zero-order valence-electron chi connectivity index (χ0n) is 5.67. The summed E-state index contributed by atoms with van der Waals surface area (Å²) in [5.74, 6) is -0.172. The standard InChI is InChI=1S/C6H8ClF3/c1-4(2)3-5(7)6(8,9)10/h3-4H,1-2H3/b5-3-. The summed E-state index contributed by atoms with van der Waals surface area (Å²) in [5.41, 5.74) is 0. The van der Waals surface area contributed by atoms with Gasteiger partial charge >= 0.3 is 6.18 Å². The van der Waals surface area contributed by atoms with Crippen LogP contribution in [-0.2, 0) is 0 Å². The summed E-state index contributed by atoms with van der Waals surface area (Å²) in [5, 5.41) is -1.04. The van der Waals surface area contributed by atoms with Crippen LogP contribution in [0.2, 0.25) is 0 Å². The second kappa shape index (κ2) is 3.28. The summed E-state index contributed by atoms with van der Waals surface area (Å²) in [7, 11) is 0. The zero-order chi connectivity index (χ0) is 8.36. The van der Waals surface area contributed by atoms with Crippen molar-refractivity contribution in [1.82, 2.24) is 0 Å². The Kier molecular flexibility index (Phi) is 3.22. The number of hydrogen-bond donors (Lipinski definition) is 0. The Bertz CT molecular complexity index is 134. The predicted molar refractivity (Wildman–Crippen MR) is 34.8 cm³/mol. The third-order valence-corrected chi connectivity index (χ3v) is 1.09. The molecule has 0 spiro atoms. The van der Waals surface area contributed by atoms with Gasteiger partial charge < -0.3 is 0 Å². The molecule has 0 bridgehead atoms. The first kappa shape index (κ1) is 9.82. The van der Waals surface area contributed by atoms with E-state index in [-0.39, 0.29) is 5.92 Å². The van der Waals surface area contributed by atoms with Crippen LogP contribution in [0.1, 0.15) is 13.8 Å². The Hall–Kier alpha value is -0.180. The third kappa shape index (κ3) is 3.77. The van der Waals surface area contributed by atoms with E-state index in [1.807, 2.05) is 0 Å². The fourth-order valence-electron chi connectivity index (χ4n) is 0.387. The summed E-state index contributed by atoms with van der Waals surface area (Å²) in [6, 6.07) is 0. The van der Waals surface area contributed by atoms with Crippen molar-refractivity contribution in [3.63, 3.8) is 0 Å². The largest absolute Gasteiger partial charge is 0.426 e. The van der Waals surface area contributed by atoms with Gasteiger partial charge in [0.15, 0.2) is 0 Å². The van der Waals surface area contributed by atoms with Crippen LogP contribution in [0, 0.1) is 5.92 Å². The monoisotopic (exact) mass is 172 g/mol. The average molecular weight is 173 g/mol. The summed E-state index contributed by atoms with van der Waals surface area (Å²) < 4.78 is 34.8. The molecule has 60 valence electrons. The van der Waals surface area contributed by atoms with Crippen molar-refractivity contribution in [2.24, 2.45) is 5.92 Å². The van der Waals surface area contributed by atoms with Gasteiger partial charge in [-0.3, -0.25) is 0 Å². The Morgan fingerprint density at radius 1 is 1.40 bits per heavy atom. The Labute approximate surface area is 62.7 Å². The van der Waals surface area contributed by atoms with Gasteiger partial charge in [-0.2, -0.15) is 13.2 Å². The van der Waals surface area contributed by atoms with Gasteiger partial charge in [-0.15, -0.1) is 0 Å². The van der Waals surface area contributed by atoms with E-state index in [1.165, 1.54) is 0 Å². The van der Waals surface area contributed by atoms with E-state index in [1.54, 1.807) is 13.8 Å². The first-order valence-corrected chi connectivity index (χ1v) is 3.16. The lowest BCUT2D eigenvalue weighted by atomic mass is 10.2. The first-order valence-electron chi connectivity index (χ1n) is 2.78. The van der Waals surface area contributed by atoms with Gasteiger partial charge in [0.05, 0.1) is 0 Å². The van der Waals surface area contributed by atoms with Crippen molar-refractivity contribution in [2.45, 2.75) is 20.0 Å². The molecule has 0 amide bonds. The van der Waals surface area contributed by atoms with Gasteiger partial charge in [0.2, 0.25) is 0 Å². The van der Waals surface area contributed by atoms with Crippen molar-refractivity contribution >= 4 is 11.6 Å². The molecule has 0 heterocycles. The quantitative estimate of drug-likeness (QED) is 0.569. The summed E-state index contributed by atoms with van der Waals surface area (Å²) in [4.78, 5) is 0. The average Bonchev–Trinajstić information content (AvgIpc) is 1.60. The van der Waals surface area contributed by atoms with Crippen molar-refractivity contribution in [3.8, 4) is 0 Å². The van der Waals surface area contributed by atoms with Crippen LogP contribution in [0.25, 0.3) is 0 Å². The van der Waals surface area contributed by atoms with E-state index in [0.29, 0.717) is 0 Å². The SMILES string of the molecule is CC(C)/C=C(\Cl)C(F)(F)F. The van der Waals surface area contributed by atoms with Crippen LogP contribution >= 0.6 is 11.6 Å². The smallest absolute Gasteiger partial charge is 0.165 e.